The molecule has 1 spiro atoms. The highest BCUT2D eigenvalue weighted by Gasteiger charge is 2.52. The minimum absolute atomic E-state index is 0.0275. The number of phenols is 3. The van der Waals surface area contributed by atoms with Crippen LogP contribution < -0.4 is 4.90 Å². The minimum atomic E-state index is -0.564. The van der Waals surface area contributed by atoms with E-state index in [1.165, 1.54) is 77.5 Å². The Morgan fingerprint density at radius 3 is 1.62 bits per heavy atom. The van der Waals surface area contributed by atoms with Crippen LogP contribution in [-0.4, -0.2) is 15.3 Å². The molecule has 0 fully saturated rings. The number of hydrogen-bond acceptors (Lipinski definition) is 4. The first kappa shape index (κ1) is 37.2. The van der Waals surface area contributed by atoms with Crippen molar-refractivity contribution in [2.45, 2.75) is 44.9 Å². The Balaban J connectivity index is 1.11. The van der Waals surface area contributed by atoms with Crippen molar-refractivity contribution in [3.8, 4) is 61.8 Å². The number of nitrogens with zero attached hydrogens (tertiary/aromatic N) is 1. The van der Waals surface area contributed by atoms with Gasteiger partial charge in [0, 0.05) is 28.0 Å². The SMILES string of the molecule is CCc1c(C)c(O)c(-c2ccc(N(c3ccc4c(c3)C(C)(C)c3ccccc3-4)c3ccc4c(c3)C3(c5ccccc5-c5ccccc53)c3c-4ccc4ccccc34)cc2)c(O)c1O. The monoisotopic (exact) mass is 815 g/mol. The molecule has 3 aliphatic carbocycles. The van der Waals surface area contributed by atoms with E-state index in [2.05, 4.69) is 164 Å². The van der Waals surface area contributed by atoms with Crippen molar-refractivity contribution in [2.75, 3.05) is 4.90 Å². The van der Waals surface area contributed by atoms with Gasteiger partial charge < -0.3 is 20.2 Å². The van der Waals surface area contributed by atoms with Gasteiger partial charge in [-0.15, -0.1) is 0 Å². The molecule has 9 aromatic carbocycles. The standard InChI is InChI=1S/C59H45NO3/c1-5-40-34(2)55(61)53(57(63)56(40)62)36-22-25-37(26-23-36)60(38-27-30-45-42-16-8-11-19-48(42)58(3,4)51(45)32-38)39-28-31-46-47-29-24-35-14-6-7-15-41(35)54(47)59(52(46)33-39)49-20-12-9-17-43(49)44-18-10-13-21-50(44)59/h6-33,61-63H,5H2,1-4H3. The average Bonchev–Trinajstić information content (AvgIpc) is 3.87. The number of rotatable bonds is 5. The average molecular weight is 816 g/mol. The van der Waals surface area contributed by atoms with Crippen molar-refractivity contribution in [1.82, 2.24) is 0 Å². The van der Waals surface area contributed by atoms with Crippen molar-refractivity contribution in [1.29, 1.82) is 0 Å². The van der Waals surface area contributed by atoms with E-state index in [0.29, 0.717) is 23.1 Å². The molecule has 0 aliphatic heterocycles. The first-order chi connectivity index (χ1) is 30.6. The number of aromatic hydroxyl groups is 3. The zero-order valence-electron chi connectivity index (χ0n) is 35.7. The summed E-state index contributed by atoms with van der Waals surface area (Å²) in [6, 6.07) is 61.9. The Kier molecular flexibility index (Phi) is 7.81. The second-order valence-corrected chi connectivity index (χ2v) is 17.9. The summed E-state index contributed by atoms with van der Waals surface area (Å²) in [5.41, 5.74) is 19.4. The lowest BCUT2D eigenvalue weighted by atomic mass is 9.69. The molecule has 0 bridgehead atoms. The Morgan fingerprint density at radius 1 is 0.460 bits per heavy atom. The van der Waals surface area contributed by atoms with Crippen LogP contribution in [0.25, 0.3) is 55.3 Å². The van der Waals surface area contributed by atoms with E-state index in [1.807, 2.05) is 31.2 Å². The first-order valence-electron chi connectivity index (χ1n) is 21.9. The fraction of sp³-hybridized carbons (Fsp3) is 0.119. The first-order valence-corrected chi connectivity index (χ1v) is 21.9. The lowest BCUT2D eigenvalue weighted by Crippen LogP contribution is -2.26. The Bertz CT molecular complexity index is 3340. The molecular formula is C59H45NO3. The van der Waals surface area contributed by atoms with Gasteiger partial charge in [0.05, 0.1) is 11.0 Å². The number of phenolic OH excluding ortho intramolecular Hbond substituents is 3. The van der Waals surface area contributed by atoms with Crippen molar-refractivity contribution in [3.63, 3.8) is 0 Å². The van der Waals surface area contributed by atoms with E-state index in [1.54, 1.807) is 6.92 Å². The van der Waals surface area contributed by atoms with Crippen LogP contribution in [0.4, 0.5) is 17.1 Å². The zero-order valence-corrected chi connectivity index (χ0v) is 35.7. The number of hydrogen-bond donors (Lipinski definition) is 3. The van der Waals surface area contributed by atoms with E-state index >= 15 is 0 Å². The highest BCUT2D eigenvalue weighted by molar-refractivity contribution is 6.04. The molecule has 3 aliphatic rings. The number of anilines is 3. The van der Waals surface area contributed by atoms with Crippen LogP contribution in [0.5, 0.6) is 17.2 Å². The van der Waals surface area contributed by atoms with Crippen molar-refractivity contribution in [3.05, 3.63) is 214 Å². The molecule has 0 atom stereocenters. The molecular weight excluding hydrogens is 771 g/mol. The van der Waals surface area contributed by atoms with E-state index in [9.17, 15) is 15.3 Å². The van der Waals surface area contributed by atoms with E-state index in [-0.39, 0.29) is 28.2 Å². The van der Waals surface area contributed by atoms with Crippen LogP contribution in [0.15, 0.2) is 170 Å². The lowest BCUT2D eigenvalue weighted by Gasteiger charge is -2.33. The van der Waals surface area contributed by atoms with Crippen LogP contribution in [0, 0.1) is 6.92 Å². The van der Waals surface area contributed by atoms with E-state index in [0.717, 1.165) is 17.1 Å². The van der Waals surface area contributed by atoms with Gasteiger partial charge in [-0.05, 0) is 138 Å². The molecule has 4 heteroatoms. The van der Waals surface area contributed by atoms with Gasteiger partial charge in [0.15, 0.2) is 11.5 Å². The van der Waals surface area contributed by atoms with Crippen LogP contribution in [0.2, 0.25) is 0 Å². The van der Waals surface area contributed by atoms with E-state index in [4.69, 9.17) is 0 Å². The quantitative estimate of drug-likeness (QED) is 0.120. The molecule has 4 nitrogen and oxygen atoms in total. The summed E-state index contributed by atoms with van der Waals surface area (Å²) < 4.78 is 0. The van der Waals surface area contributed by atoms with Crippen molar-refractivity contribution in [2.24, 2.45) is 0 Å². The van der Waals surface area contributed by atoms with Gasteiger partial charge in [-0.2, -0.15) is 0 Å². The van der Waals surface area contributed by atoms with Gasteiger partial charge in [-0.3, -0.25) is 0 Å². The summed E-state index contributed by atoms with van der Waals surface area (Å²) in [5, 5.41) is 36.2. The summed E-state index contributed by atoms with van der Waals surface area (Å²) in [7, 11) is 0. The summed E-state index contributed by atoms with van der Waals surface area (Å²) >= 11 is 0. The summed E-state index contributed by atoms with van der Waals surface area (Å²) in [6.45, 7) is 8.31. The second-order valence-electron chi connectivity index (χ2n) is 17.9. The van der Waals surface area contributed by atoms with Crippen molar-refractivity contribution < 1.29 is 15.3 Å². The highest BCUT2D eigenvalue weighted by Crippen LogP contribution is 2.65. The second kappa shape index (κ2) is 13.2. The summed E-state index contributed by atoms with van der Waals surface area (Å²) in [4.78, 5) is 2.34. The largest absolute Gasteiger partial charge is 0.507 e. The fourth-order valence-corrected chi connectivity index (χ4v) is 11.7. The predicted octanol–water partition coefficient (Wildman–Crippen LogP) is 14.6. The molecule has 0 saturated carbocycles. The smallest absolute Gasteiger partial charge is 0.169 e. The van der Waals surface area contributed by atoms with Gasteiger partial charge in [0.25, 0.3) is 0 Å². The normalized spacial score (nSPS) is 14.2. The molecule has 0 radical (unpaired) electrons. The zero-order chi connectivity index (χ0) is 42.9. The Labute approximate surface area is 367 Å². The van der Waals surface area contributed by atoms with Crippen LogP contribution in [-0.2, 0) is 17.3 Å². The molecule has 3 N–H and O–H groups in total. The maximum Gasteiger partial charge on any atom is 0.169 e. The highest BCUT2D eigenvalue weighted by atomic mass is 16.3. The van der Waals surface area contributed by atoms with Gasteiger partial charge in [-0.1, -0.05) is 154 Å². The van der Waals surface area contributed by atoms with Crippen LogP contribution >= 0.6 is 0 Å². The lowest BCUT2D eigenvalue weighted by molar-refractivity contribution is 0.393. The van der Waals surface area contributed by atoms with Crippen LogP contribution in [0.3, 0.4) is 0 Å². The van der Waals surface area contributed by atoms with Gasteiger partial charge >= 0.3 is 0 Å². The third-order valence-electron chi connectivity index (χ3n) is 14.6. The Morgan fingerprint density at radius 2 is 0.968 bits per heavy atom. The molecule has 0 heterocycles. The maximum absolute atomic E-state index is 11.4. The predicted molar refractivity (Wildman–Crippen MR) is 257 cm³/mol. The molecule has 304 valence electrons. The fourth-order valence-electron chi connectivity index (χ4n) is 11.7. The van der Waals surface area contributed by atoms with Crippen molar-refractivity contribution >= 4 is 27.8 Å². The molecule has 0 aromatic heterocycles. The summed E-state index contributed by atoms with van der Waals surface area (Å²) in [6.07, 6.45) is 0.482. The third-order valence-corrected chi connectivity index (χ3v) is 14.6. The maximum atomic E-state index is 11.4. The molecule has 9 aromatic rings. The molecule has 0 saturated heterocycles. The van der Waals surface area contributed by atoms with Gasteiger partial charge in [0.1, 0.15) is 5.75 Å². The minimum Gasteiger partial charge on any atom is -0.507 e. The summed E-state index contributed by atoms with van der Waals surface area (Å²) in [5.74, 6) is -0.528. The third kappa shape index (κ3) is 4.86. The molecule has 0 unspecified atom stereocenters. The molecule has 0 amide bonds. The number of fused-ring (bicyclic) bond motifs is 15. The van der Waals surface area contributed by atoms with Crippen LogP contribution in [0.1, 0.15) is 65.3 Å². The Hall–Kier alpha value is -7.56. The number of benzene rings is 9. The van der Waals surface area contributed by atoms with E-state index < -0.39 is 5.41 Å². The van der Waals surface area contributed by atoms with Gasteiger partial charge in [-0.25, -0.2) is 0 Å². The molecule has 63 heavy (non-hydrogen) atoms. The topological polar surface area (TPSA) is 63.9 Å². The van der Waals surface area contributed by atoms with Gasteiger partial charge in [0.2, 0.25) is 0 Å². The molecule has 12 rings (SSSR count).